The van der Waals surface area contributed by atoms with Crippen LogP contribution in [0.15, 0.2) is 18.2 Å². The first-order chi connectivity index (χ1) is 8.88. The maximum Gasteiger partial charge on any atom is 0.0402 e. The van der Waals surface area contributed by atoms with Gasteiger partial charge in [0, 0.05) is 31.4 Å². The van der Waals surface area contributed by atoms with Crippen molar-refractivity contribution in [1.29, 1.82) is 0 Å². The molecule has 3 rings (SSSR count). The Hall–Kier alpha value is -1.02. The molecule has 1 atom stereocenters. The van der Waals surface area contributed by atoms with Crippen LogP contribution in [-0.2, 0) is 12.8 Å². The summed E-state index contributed by atoms with van der Waals surface area (Å²) in [5.74, 6) is 0. The molecule has 0 radical (unpaired) electrons. The van der Waals surface area contributed by atoms with E-state index in [1.165, 1.54) is 44.3 Å². The maximum atomic E-state index is 3.61. The minimum atomic E-state index is 0.665. The van der Waals surface area contributed by atoms with E-state index in [1.807, 2.05) is 0 Å². The zero-order valence-corrected chi connectivity index (χ0v) is 11.4. The first-order valence-electron chi connectivity index (χ1n) is 7.47. The summed E-state index contributed by atoms with van der Waals surface area (Å²) >= 11 is 0. The lowest BCUT2D eigenvalue weighted by atomic mass is 9.90. The molecule has 0 spiro atoms. The highest BCUT2D eigenvalue weighted by Gasteiger charge is 2.22. The van der Waals surface area contributed by atoms with Crippen molar-refractivity contribution in [2.24, 2.45) is 0 Å². The largest absolute Gasteiger partial charge is 0.368 e. The van der Waals surface area contributed by atoms with Crippen LogP contribution in [0.3, 0.4) is 0 Å². The number of nitrogens with one attached hydrogen (secondary N) is 1. The van der Waals surface area contributed by atoms with Gasteiger partial charge in [-0.3, -0.25) is 0 Å². The summed E-state index contributed by atoms with van der Waals surface area (Å²) in [6.45, 7) is 5.74. The van der Waals surface area contributed by atoms with Crippen LogP contribution in [0.2, 0.25) is 0 Å². The van der Waals surface area contributed by atoms with Gasteiger partial charge in [-0.05, 0) is 49.3 Å². The van der Waals surface area contributed by atoms with E-state index in [0.29, 0.717) is 6.04 Å². The van der Waals surface area contributed by atoms with Gasteiger partial charge >= 0.3 is 0 Å². The van der Waals surface area contributed by atoms with Gasteiger partial charge in [0.25, 0.3) is 0 Å². The Morgan fingerprint density at radius 2 is 2.17 bits per heavy atom. The smallest absolute Gasteiger partial charge is 0.0402 e. The summed E-state index contributed by atoms with van der Waals surface area (Å²) in [7, 11) is 0. The second kappa shape index (κ2) is 5.31. The highest BCUT2D eigenvalue weighted by Crippen LogP contribution is 2.31. The molecule has 98 valence electrons. The molecule has 1 aliphatic heterocycles. The lowest BCUT2D eigenvalue weighted by Crippen LogP contribution is -2.50. The van der Waals surface area contributed by atoms with Crippen molar-refractivity contribution in [3.05, 3.63) is 29.3 Å². The highest BCUT2D eigenvalue weighted by atomic mass is 15.2. The number of aryl methyl sites for hydroxylation is 1. The Labute approximate surface area is 110 Å². The maximum absolute atomic E-state index is 3.61. The van der Waals surface area contributed by atoms with E-state index < -0.39 is 0 Å². The summed E-state index contributed by atoms with van der Waals surface area (Å²) in [6, 6.07) is 7.58. The van der Waals surface area contributed by atoms with Gasteiger partial charge in [-0.25, -0.2) is 0 Å². The molecule has 0 amide bonds. The van der Waals surface area contributed by atoms with Gasteiger partial charge in [0.2, 0.25) is 0 Å². The Morgan fingerprint density at radius 1 is 1.28 bits per heavy atom. The first kappa shape index (κ1) is 12.0. The number of piperazine rings is 1. The lowest BCUT2D eigenvalue weighted by Gasteiger charge is -2.37. The number of rotatable bonds is 2. The van der Waals surface area contributed by atoms with Crippen LogP contribution >= 0.6 is 0 Å². The molecular weight excluding hydrogens is 220 g/mol. The average molecular weight is 244 g/mol. The van der Waals surface area contributed by atoms with Crippen LogP contribution in [0.4, 0.5) is 5.69 Å². The number of benzene rings is 1. The van der Waals surface area contributed by atoms with Crippen LogP contribution < -0.4 is 10.2 Å². The predicted molar refractivity (Wildman–Crippen MR) is 77.4 cm³/mol. The summed E-state index contributed by atoms with van der Waals surface area (Å²) in [5.41, 5.74) is 4.76. The molecule has 18 heavy (non-hydrogen) atoms. The summed E-state index contributed by atoms with van der Waals surface area (Å²) in [6.07, 6.45) is 6.53. The van der Waals surface area contributed by atoms with Crippen molar-refractivity contribution in [3.8, 4) is 0 Å². The van der Waals surface area contributed by atoms with E-state index in [1.54, 1.807) is 11.1 Å². The van der Waals surface area contributed by atoms with Crippen LogP contribution in [0.25, 0.3) is 0 Å². The van der Waals surface area contributed by atoms with Crippen LogP contribution in [0, 0.1) is 0 Å². The molecule has 1 aliphatic carbocycles. The van der Waals surface area contributed by atoms with Gasteiger partial charge < -0.3 is 10.2 Å². The summed E-state index contributed by atoms with van der Waals surface area (Å²) < 4.78 is 0. The Kier molecular flexibility index (Phi) is 3.55. The highest BCUT2D eigenvalue weighted by molar-refractivity contribution is 5.58. The topological polar surface area (TPSA) is 15.3 Å². The van der Waals surface area contributed by atoms with Gasteiger partial charge in [0.15, 0.2) is 0 Å². The van der Waals surface area contributed by atoms with E-state index in [0.717, 1.165) is 13.1 Å². The average Bonchev–Trinajstić information content (AvgIpc) is 2.47. The monoisotopic (exact) mass is 244 g/mol. The van der Waals surface area contributed by atoms with Crippen molar-refractivity contribution in [3.63, 3.8) is 0 Å². The Morgan fingerprint density at radius 3 is 3.06 bits per heavy atom. The molecule has 2 heteroatoms. The lowest BCUT2D eigenvalue weighted by molar-refractivity contribution is 0.446. The molecule has 1 heterocycles. The molecule has 1 aromatic rings. The van der Waals surface area contributed by atoms with E-state index in [4.69, 9.17) is 0 Å². The fourth-order valence-corrected chi connectivity index (χ4v) is 3.38. The van der Waals surface area contributed by atoms with Crippen molar-refractivity contribution in [2.75, 3.05) is 24.5 Å². The molecule has 2 nitrogen and oxygen atoms in total. The molecule has 2 aliphatic rings. The van der Waals surface area contributed by atoms with E-state index >= 15 is 0 Å². The molecule has 1 fully saturated rings. The second-order valence-electron chi connectivity index (χ2n) is 5.63. The fourth-order valence-electron chi connectivity index (χ4n) is 3.38. The van der Waals surface area contributed by atoms with E-state index in [2.05, 4.69) is 35.3 Å². The van der Waals surface area contributed by atoms with E-state index in [9.17, 15) is 0 Å². The molecule has 1 N–H and O–H groups in total. The summed E-state index contributed by atoms with van der Waals surface area (Å²) in [4.78, 5) is 2.61. The summed E-state index contributed by atoms with van der Waals surface area (Å²) in [5, 5.41) is 3.61. The predicted octanol–water partition coefficient (Wildman–Crippen LogP) is 2.75. The molecule has 0 aromatic heterocycles. The number of hydrogen-bond donors (Lipinski definition) is 1. The molecule has 0 saturated carbocycles. The van der Waals surface area contributed by atoms with Gasteiger partial charge in [0.1, 0.15) is 0 Å². The fraction of sp³-hybridized carbons (Fsp3) is 0.625. The number of nitrogens with zero attached hydrogens (tertiary/aromatic N) is 1. The zero-order chi connectivity index (χ0) is 12.4. The van der Waals surface area contributed by atoms with Gasteiger partial charge in [0.05, 0.1) is 0 Å². The molecular formula is C16H24N2. The molecule has 0 bridgehead atoms. The third-order valence-corrected chi connectivity index (χ3v) is 4.46. The SMILES string of the molecule is CCC1CN(c2cccc3c2CCCC3)CCN1. The van der Waals surface area contributed by atoms with Crippen molar-refractivity contribution in [2.45, 2.75) is 45.1 Å². The molecule has 1 aromatic carbocycles. The van der Waals surface area contributed by atoms with Crippen molar-refractivity contribution in [1.82, 2.24) is 5.32 Å². The standard InChI is InChI=1S/C16H24N2/c1-2-14-12-18(11-10-17-14)16-9-5-7-13-6-3-4-8-15(13)16/h5,7,9,14,17H,2-4,6,8,10-12H2,1H3. The number of hydrogen-bond acceptors (Lipinski definition) is 2. The normalized spacial score (nSPS) is 23.8. The van der Waals surface area contributed by atoms with Crippen molar-refractivity contribution >= 4 is 5.69 Å². The quantitative estimate of drug-likeness (QED) is 0.860. The van der Waals surface area contributed by atoms with Crippen LogP contribution in [-0.4, -0.2) is 25.7 Å². The Bertz CT molecular complexity index is 414. The zero-order valence-electron chi connectivity index (χ0n) is 11.4. The van der Waals surface area contributed by atoms with Crippen molar-refractivity contribution < 1.29 is 0 Å². The second-order valence-corrected chi connectivity index (χ2v) is 5.63. The van der Waals surface area contributed by atoms with Gasteiger partial charge in [-0.2, -0.15) is 0 Å². The van der Waals surface area contributed by atoms with E-state index in [-0.39, 0.29) is 0 Å². The molecule has 1 unspecified atom stereocenters. The third kappa shape index (κ3) is 2.26. The number of fused-ring (bicyclic) bond motifs is 1. The van der Waals surface area contributed by atoms with Gasteiger partial charge in [-0.15, -0.1) is 0 Å². The Balaban J connectivity index is 1.87. The van der Waals surface area contributed by atoms with Crippen LogP contribution in [0.5, 0.6) is 0 Å². The minimum Gasteiger partial charge on any atom is -0.368 e. The van der Waals surface area contributed by atoms with Crippen LogP contribution in [0.1, 0.15) is 37.3 Å². The first-order valence-corrected chi connectivity index (χ1v) is 7.47. The minimum absolute atomic E-state index is 0.665. The molecule has 1 saturated heterocycles. The number of anilines is 1. The van der Waals surface area contributed by atoms with Gasteiger partial charge in [-0.1, -0.05) is 19.1 Å². The third-order valence-electron chi connectivity index (χ3n) is 4.46.